The summed E-state index contributed by atoms with van der Waals surface area (Å²) in [6.07, 6.45) is 3.43. The Morgan fingerprint density at radius 2 is 1.94 bits per heavy atom. The van der Waals surface area contributed by atoms with E-state index in [4.69, 9.17) is 5.73 Å². The second kappa shape index (κ2) is 4.28. The number of rotatable bonds is 3. The lowest BCUT2D eigenvalue weighted by Crippen LogP contribution is -2.12. The summed E-state index contributed by atoms with van der Waals surface area (Å²) in [5.41, 5.74) is 6.63. The van der Waals surface area contributed by atoms with Crippen molar-refractivity contribution < 1.29 is 9.18 Å². The summed E-state index contributed by atoms with van der Waals surface area (Å²) in [6, 6.07) is 7.73. The molecule has 0 spiro atoms. The molecule has 1 heterocycles. The molecule has 0 bridgehead atoms. The molecule has 2 rings (SSSR count). The first-order chi connectivity index (χ1) is 7.70. The Labute approximate surface area is 92.3 Å². The topological polar surface area (TPSA) is 48.0 Å². The van der Waals surface area contributed by atoms with Crippen LogP contribution in [0.2, 0.25) is 0 Å². The molecular weight excluding hydrogens is 207 g/mol. The Kier molecular flexibility index (Phi) is 2.83. The van der Waals surface area contributed by atoms with Crippen molar-refractivity contribution >= 4 is 5.78 Å². The molecule has 0 aliphatic carbocycles. The fraction of sp³-hybridized carbons (Fsp3) is 0.0833. The minimum atomic E-state index is -0.283. The van der Waals surface area contributed by atoms with Crippen LogP contribution in [0.15, 0.2) is 42.7 Å². The van der Waals surface area contributed by atoms with E-state index in [2.05, 4.69) is 0 Å². The van der Waals surface area contributed by atoms with Gasteiger partial charge < -0.3 is 10.3 Å². The van der Waals surface area contributed by atoms with Gasteiger partial charge in [-0.05, 0) is 30.3 Å². The molecule has 2 N–H and O–H groups in total. The van der Waals surface area contributed by atoms with Gasteiger partial charge in [-0.1, -0.05) is 0 Å². The normalized spacial score (nSPS) is 10.4. The van der Waals surface area contributed by atoms with Crippen LogP contribution in [0, 0.1) is 5.82 Å². The molecule has 4 heteroatoms. The van der Waals surface area contributed by atoms with Crippen LogP contribution < -0.4 is 5.73 Å². The van der Waals surface area contributed by atoms with Crippen molar-refractivity contribution in [2.24, 2.45) is 5.73 Å². The van der Waals surface area contributed by atoms with Gasteiger partial charge in [0.05, 0.1) is 6.54 Å². The van der Waals surface area contributed by atoms with Crippen molar-refractivity contribution in [1.29, 1.82) is 0 Å². The predicted octanol–water partition coefficient (Wildman–Crippen LogP) is 1.76. The Balaban J connectivity index is 2.31. The molecule has 0 saturated carbocycles. The maximum atomic E-state index is 12.7. The van der Waals surface area contributed by atoms with Crippen LogP contribution in [0.4, 0.5) is 4.39 Å². The Hall–Kier alpha value is -1.94. The number of carbonyl (C=O) groups excluding carboxylic acids is 1. The summed E-state index contributed by atoms with van der Waals surface area (Å²) in [4.78, 5) is 11.3. The molecule has 0 radical (unpaired) electrons. The molecular formula is C12H11FN2O. The standard InChI is InChI=1S/C12H11FN2O/c13-10-1-3-11(4-2-10)15-6-5-9(8-15)12(16)7-14/h1-6,8H,7,14H2. The van der Waals surface area contributed by atoms with E-state index in [0.29, 0.717) is 5.56 Å². The number of carbonyl (C=O) groups is 1. The molecule has 1 aromatic carbocycles. The molecule has 82 valence electrons. The van der Waals surface area contributed by atoms with Gasteiger partial charge in [-0.3, -0.25) is 4.79 Å². The number of nitrogens with zero attached hydrogens (tertiary/aromatic N) is 1. The molecule has 0 aliphatic rings. The Morgan fingerprint density at radius 3 is 2.56 bits per heavy atom. The van der Waals surface area contributed by atoms with Crippen LogP contribution >= 0.6 is 0 Å². The summed E-state index contributed by atoms with van der Waals surface area (Å²) in [7, 11) is 0. The minimum absolute atomic E-state index is 0.00652. The van der Waals surface area contributed by atoms with Gasteiger partial charge in [-0.25, -0.2) is 4.39 Å². The third kappa shape index (κ3) is 2.01. The van der Waals surface area contributed by atoms with Crippen LogP contribution in [-0.4, -0.2) is 16.9 Å². The van der Waals surface area contributed by atoms with Gasteiger partial charge in [0.15, 0.2) is 5.78 Å². The number of halogens is 1. The molecule has 0 aliphatic heterocycles. The first kappa shape index (κ1) is 10.6. The Morgan fingerprint density at radius 1 is 1.25 bits per heavy atom. The highest BCUT2D eigenvalue weighted by atomic mass is 19.1. The molecule has 3 nitrogen and oxygen atoms in total. The lowest BCUT2D eigenvalue weighted by molar-refractivity contribution is 0.100. The first-order valence-corrected chi connectivity index (χ1v) is 4.88. The molecule has 0 saturated heterocycles. The van der Waals surface area contributed by atoms with Crippen LogP contribution in [0.3, 0.4) is 0 Å². The van der Waals surface area contributed by atoms with Crippen LogP contribution in [0.25, 0.3) is 5.69 Å². The summed E-state index contributed by atoms with van der Waals surface area (Å²) < 4.78 is 14.5. The quantitative estimate of drug-likeness (QED) is 0.798. The zero-order chi connectivity index (χ0) is 11.5. The number of nitrogens with two attached hydrogens (primary N) is 1. The molecule has 0 fully saturated rings. The summed E-state index contributed by atoms with van der Waals surface area (Å²) in [5, 5.41) is 0. The zero-order valence-corrected chi connectivity index (χ0v) is 8.56. The number of hydrogen-bond donors (Lipinski definition) is 1. The second-order valence-electron chi connectivity index (χ2n) is 3.41. The highest BCUT2D eigenvalue weighted by Crippen LogP contribution is 2.11. The number of Topliss-reactive ketones (excluding diaryl/α,β-unsaturated/α-hetero) is 1. The average Bonchev–Trinajstić information content (AvgIpc) is 2.78. The van der Waals surface area contributed by atoms with Gasteiger partial charge >= 0.3 is 0 Å². The Bertz CT molecular complexity index is 502. The maximum absolute atomic E-state index is 12.7. The largest absolute Gasteiger partial charge is 0.324 e. The van der Waals surface area contributed by atoms with Gasteiger partial charge in [0.1, 0.15) is 5.82 Å². The van der Waals surface area contributed by atoms with E-state index < -0.39 is 0 Å². The molecule has 2 aromatic rings. The molecule has 16 heavy (non-hydrogen) atoms. The van der Waals surface area contributed by atoms with Crippen molar-refractivity contribution in [2.75, 3.05) is 6.54 Å². The minimum Gasteiger partial charge on any atom is -0.324 e. The van der Waals surface area contributed by atoms with E-state index in [1.165, 1.54) is 12.1 Å². The third-order valence-electron chi connectivity index (χ3n) is 2.33. The summed E-state index contributed by atoms with van der Waals surface area (Å²) in [6.45, 7) is -0.00652. The molecule has 0 unspecified atom stereocenters. The molecule has 0 amide bonds. The highest BCUT2D eigenvalue weighted by Gasteiger charge is 2.05. The van der Waals surface area contributed by atoms with Crippen LogP contribution in [0.5, 0.6) is 0 Å². The number of benzene rings is 1. The second-order valence-corrected chi connectivity index (χ2v) is 3.41. The van der Waals surface area contributed by atoms with Crippen molar-refractivity contribution in [3.63, 3.8) is 0 Å². The SMILES string of the molecule is NCC(=O)c1ccn(-c2ccc(F)cc2)c1. The number of hydrogen-bond acceptors (Lipinski definition) is 2. The lowest BCUT2D eigenvalue weighted by atomic mass is 10.2. The van der Waals surface area contributed by atoms with E-state index in [1.807, 2.05) is 0 Å². The monoisotopic (exact) mass is 218 g/mol. The fourth-order valence-electron chi connectivity index (χ4n) is 1.45. The lowest BCUT2D eigenvalue weighted by Gasteiger charge is -2.01. The van der Waals surface area contributed by atoms with E-state index in [9.17, 15) is 9.18 Å². The van der Waals surface area contributed by atoms with Gasteiger partial charge in [0, 0.05) is 23.6 Å². The molecule has 1 aromatic heterocycles. The van der Waals surface area contributed by atoms with Crippen LogP contribution in [0.1, 0.15) is 10.4 Å². The van der Waals surface area contributed by atoms with E-state index >= 15 is 0 Å². The molecule has 0 atom stereocenters. The first-order valence-electron chi connectivity index (χ1n) is 4.88. The van der Waals surface area contributed by atoms with Gasteiger partial charge in [0.25, 0.3) is 0 Å². The average molecular weight is 218 g/mol. The van der Waals surface area contributed by atoms with Gasteiger partial charge in [0.2, 0.25) is 0 Å². The van der Waals surface area contributed by atoms with E-state index in [0.717, 1.165) is 5.69 Å². The van der Waals surface area contributed by atoms with Crippen LogP contribution in [-0.2, 0) is 0 Å². The predicted molar refractivity (Wildman–Crippen MR) is 59.1 cm³/mol. The van der Waals surface area contributed by atoms with Gasteiger partial charge in [-0.15, -0.1) is 0 Å². The fourth-order valence-corrected chi connectivity index (χ4v) is 1.45. The van der Waals surface area contributed by atoms with Crippen molar-refractivity contribution in [1.82, 2.24) is 4.57 Å². The maximum Gasteiger partial charge on any atom is 0.177 e. The third-order valence-corrected chi connectivity index (χ3v) is 2.33. The van der Waals surface area contributed by atoms with E-state index in [-0.39, 0.29) is 18.1 Å². The summed E-state index contributed by atoms with van der Waals surface area (Å²) in [5.74, 6) is -0.393. The smallest absolute Gasteiger partial charge is 0.177 e. The van der Waals surface area contributed by atoms with Crippen molar-refractivity contribution in [3.8, 4) is 5.69 Å². The van der Waals surface area contributed by atoms with Crippen molar-refractivity contribution in [3.05, 3.63) is 54.1 Å². The summed E-state index contributed by atoms with van der Waals surface area (Å²) >= 11 is 0. The van der Waals surface area contributed by atoms with E-state index in [1.54, 1.807) is 35.2 Å². The number of aromatic nitrogens is 1. The highest BCUT2D eigenvalue weighted by molar-refractivity contribution is 5.97. The van der Waals surface area contributed by atoms with Gasteiger partial charge in [-0.2, -0.15) is 0 Å². The number of ketones is 1. The van der Waals surface area contributed by atoms with Crippen molar-refractivity contribution in [2.45, 2.75) is 0 Å². The zero-order valence-electron chi connectivity index (χ0n) is 8.56.